The Morgan fingerprint density at radius 3 is 2.25 bits per heavy atom. The summed E-state index contributed by atoms with van der Waals surface area (Å²) in [5, 5.41) is 11.4. The first-order valence-corrected chi connectivity index (χ1v) is 5.12. The van der Waals surface area contributed by atoms with Gasteiger partial charge in [-0.25, -0.2) is 9.97 Å². The van der Waals surface area contributed by atoms with Crippen LogP contribution in [0, 0.1) is 0 Å². The monoisotopic (exact) mass is 223 g/mol. The molecule has 5 nitrogen and oxygen atoms in total. The van der Waals surface area contributed by atoms with E-state index in [-0.39, 0.29) is 5.41 Å². The summed E-state index contributed by atoms with van der Waals surface area (Å²) < 4.78 is 0. The number of hydrogen-bond donors (Lipinski definition) is 2. The molecule has 5 heteroatoms. The van der Waals surface area contributed by atoms with Crippen LogP contribution in [0.1, 0.15) is 33.3 Å². The molecule has 1 aromatic rings. The number of nitrogens with zero attached hydrogens (tertiary/aromatic N) is 2. The van der Waals surface area contributed by atoms with E-state index in [2.05, 4.69) is 36.1 Å². The molecule has 0 aliphatic rings. The summed E-state index contributed by atoms with van der Waals surface area (Å²) in [6.45, 7) is 7.75. The fraction of sp³-hybridized carbons (Fsp3) is 0.545. The van der Waals surface area contributed by atoms with Crippen molar-refractivity contribution in [2.75, 3.05) is 5.32 Å². The van der Waals surface area contributed by atoms with E-state index in [0.29, 0.717) is 5.95 Å². The maximum absolute atomic E-state index is 10.6. The summed E-state index contributed by atoms with van der Waals surface area (Å²) in [6.07, 6.45) is 3.42. The minimum atomic E-state index is -0.927. The molecule has 16 heavy (non-hydrogen) atoms. The van der Waals surface area contributed by atoms with Gasteiger partial charge in [0, 0.05) is 12.4 Å². The molecule has 0 fully saturated rings. The maximum atomic E-state index is 10.6. The quantitative estimate of drug-likeness (QED) is 0.815. The molecule has 0 bridgehead atoms. The molecule has 0 amide bonds. The van der Waals surface area contributed by atoms with Crippen molar-refractivity contribution < 1.29 is 9.90 Å². The number of carboxylic acid groups (broad SMARTS) is 1. The maximum Gasteiger partial charge on any atom is 0.325 e. The molecule has 1 aromatic heterocycles. The van der Waals surface area contributed by atoms with E-state index in [1.807, 2.05) is 0 Å². The van der Waals surface area contributed by atoms with E-state index in [9.17, 15) is 4.79 Å². The zero-order valence-corrected chi connectivity index (χ0v) is 9.98. The van der Waals surface area contributed by atoms with E-state index in [1.165, 1.54) is 0 Å². The third-order valence-corrected chi connectivity index (χ3v) is 2.23. The molecule has 1 heterocycles. The fourth-order valence-electron chi connectivity index (χ4n) is 1.05. The SMILES string of the molecule is CC(Nc1ncc(C(C)(C)C)cn1)C(=O)O. The molecule has 0 aliphatic carbocycles. The summed E-state index contributed by atoms with van der Waals surface area (Å²) in [4.78, 5) is 18.8. The Kier molecular flexibility index (Phi) is 3.47. The number of nitrogens with one attached hydrogen (secondary N) is 1. The van der Waals surface area contributed by atoms with Gasteiger partial charge in [0.25, 0.3) is 0 Å². The average molecular weight is 223 g/mol. The van der Waals surface area contributed by atoms with Crippen LogP contribution in [0.15, 0.2) is 12.4 Å². The molecule has 88 valence electrons. The molecular weight excluding hydrogens is 206 g/mol. The van der Waals surface area contributed by atoms with Gasteiger partial charge in [-0.2, -0.15) is 0 Å². The first-order chi connectivity index (χ1) is 7.30. The lowest BCUT2D eigenvalue weighted by molar-refractivity contribution is -0.137. The number of rotatable bonds is 3. The van der Waals surface area contributed by atoms with Crippen molar-refractivity contribution in [3.05, 3.63) is 18.0 Å². The van der Waals surface area contributed by atoms with E-state index < -0.39 is 12.0 Å². The van der Waals surface area contributed by atoms with Gasteiger partial charge >= 0.3 is 5.97 Å². The number of aromatic nitrogens is 2. The Morgan fingerprint density at radius 1 is 1.38 bits per heavy atom. The zero-order valence-electron chi connectivity index (χ0n) is 9.98. The molecule has 1 unspecified atom stereocenters. The molecule has 1 rings (SSSR count). The summed E-state index contributed by atoms with van der Waals surface area (Å²) in [5.74, 6) is -0.591. The van der Waals surface area contributed by atoms with Crippen molar-refractivity contribution in [3.63, 3.8) is 0 Å². The second-order valence-electron chi connectivity index (χ2n) is 4.75. The molecule has 0 aliphatic heterocycles. The van der Waals surface area contributed by atoms with Crippen LogP contribution in [-0.4, -0.2) is 27.1 Å². The minimum Gasteiger partial charge on any atom is -0.480 e. The standard InChI is InChI=1S/C11H17N3O2/c1-7(9(15)16)14-10-12-5-8(6-13-10)11(2,3)4/h5-7H,1-4H3,(H,15,16)(H,12,13,14). The highest BCUT2D eigenvalue weighted by Gasteiger charge is 2.15. The van der Waals surface area contributed by atoms with E-state index >= 15 is 0 Å². The van der Waals surface area contributed by atoms with Gasteiger partial charge in [-0.05, 0) is 17.9 Å². The van der Waals surface area contributed by atoms with E-state index in [0.717, 1.165) is 5.56 Å². The number of hydrogen-bond acceptors (Lipinski definition) is 4. The smallest absolute Gasteiger partial charge is 0.325 e. The lowest BCUT2D eigenvalue weighted by Crippen LogP contribution is -2.26. The molecule has 0 radical (unpaired) electrons. The van der Waals surface area contributed by atoms with Crippen LogP contribution < -0.4 is 5.32 Å². The predicted octanol–water partition coefficient (Wildman–Crippen LogP) is 1.66. The number of aliphatic carboxylic acids is 1. The molecule has 0 saturated heterocycles. The van der Waals surface area contributed by atoms with Crippen molar-refractivity contribution in [2.24, 2.45) is 0 Å². The summed E-state index contributed by atoms with van der Waals surface area (Å²) in [5.41, 5.74) is 1.01. The molecule has 0 saturated carbocycles. The minimum absolute atomic E-state index is 0.00303. The van der Waals surface area contributed by atoms with Gasteiger partial charge in [-0.15, -0.1) is 0 Å². The lowest BCUT2D eigenvalue weighted by Gasteiger charge is -2.18. The Hall–Kier alpha value is -1.65. The van der Waals surface area contributed by atoms with Crippen LogP contribution in [0.4, 0.5) is 5.95 Å². The topological polar surface area (TPSA) is 75.1 Å². The number of carbonyl (C=O) groups is 1. The summed E-state index contributed by atoms with van der Waals surface area (Å²) in [6, 6.07) is -0.694. The van der Waals surface area contributed by atoms with Gasteiger partial charge < -0.3 is 10.4 Å². The predicted molar refractivity (Wildman–Crippen MR) is 61.5 cm³/mol. The van der Waals surface area contributed by atoms with Crippen LogP contribution in [0.5, 0.6) is 0 Å². The van der Waals surface area contributed by atoms with Gasteiger partial charge in [-0.1, -0.05) is 20.8 Å². The molecule has 1 atom stereocenters. The molecule has 0 spiro atoms. The highest BCUT2D eigenvalue weighted by Crippen LogP contribution is 2.20. The highest BCUT2D eigenvalue weighted by atomic mass is 16.4. The van der Waals surface area contributed by atoms with Crippen molar-refractivity contribution in [1.82, 2.24) is 9.97 Å². The average Bonchev–Trinajstić information content (AvgIpc) is 2.17. The van der Waals surface area contributed by atoms with Gasteiger partial charge in [0.05, 0.1) is 0 Å². The zero-order chi connectivity index (χ0) is 12.3. The van der Waals surface area contributed by atoms with Crippen LogP contribution in [0.25, 0.3) is 0 Å². The Bertz CT molecular complexity index is 368. The normalized spacial score (nSPS) is 13.2. The summed E-state index contributed by atoms with van der Waals surface area (Å²) >= 11 is 0. The van der Waals surface area contributed by atoms with Gasteiger partial charge in [-0.3, -0.25) is 4.79 Å². The van der Waals surface area contributed by atoms with Gasteiger partial charge in [0.15, 0.2) is 0 Å². The Labute approximate surface area is 94.9 Å². The van der Waals surface area contributed by atoms with Crippen molar-refractivity contribution in [1.29, 1.82) is 0 Å². The second kappa shape index (κ2) is 4.47. The third kappa shape index (κ3) is 3.18. The number of anilines is 1. The van der Waals surface area contributed by atoms with Crippen molar-refractivity contribution in [3.8, 4) is 0 Å². The third-order valence-electron chi connectivity index (χ3n) is 2.23. The van der Waals surface area contributed by atoms with Gasteiger partial charge in [0.2, 0.25) is 5.95 Å². The van der Waals surface area contributed by atoms with Crippen LogP contribution in [0.3, 0.4) is 0 Å². The molecular formula is C11H17N3O2. The first-order valence-electron chi connectivity index (χ1n) is 5.12. The molecule has 2 N–H and O–H groups in total. The lowest BCUT2D eigenvalue weighted by atomic mass is 9.89. The van der Waals surface area contributed by atoms with Crippen LogP contribution in [-0.2, 0) is 10.2 Å². The van der Waals surface area contributed by atoms with Gasteiger partial charge in [0.1, 0.15) is 6.04 Å². The second-order valence-corrected chi connectivity index (χ2v) is 4.75. The van der Waals surface area contributed by atoms with E-state index in [1.54, 1.807) is 19.3 Å². The molecule has 0 aromatic carbocycles. The highest BCUT2D eigenvalue weighted by molar-refractivity contribution is 5.75. The summed E-state index contributed by atoms with van der Waals surface area (Å²) in [7, 11) is 0. The van der Waals surface area contributed by atoms with Crippen molar-refractivity contribution in [2.45, 2.75) is 39.2 Å². The van der Waals surface area contributed by atoms with Crippen LogP contribution >= 0.6 is 0 Å². The fourth-order valence-corrected chi connectivity index (χ4v) is 1.05. The van der Waals surface area contributed by atoms with Crippen LogP contribution in [0.2, 0.25) is 0 Å². The van der Waals surface area contributed by atoms with E-state index in [4.69, 9.17) is 5.11 Å². The first kappa shape index (κ1) is 12.4. The van der Waals surface area contributed by atoms with Crippen molar-refractivity contribution >= 4 is 11.9 Å². The Morgan fingerprint density at radius 2 is 1.88 bits per heavy atom. The Balaban J connectivity index is 2.76. The largest absolute Gasteiger partial charge is 0.480 e. The number of carboxylic acids is 1.